The van der Waals surface area contributed by atoms with E-state index in [1.165, 1.54) is 0 Å². The highest BCUT2D eigenvalue weighted by molar-refractivity contribution is 5.80. The number of nitrogens with one attached hydrogen (secondary N) is 1. The molecule has 1 aromatic rings. The molecule has 0 bridgehead atoms. The third-order valence-corrected chi connectivity index (χ3v) is 3.36. The lowest BCUT2D eigenvalue weighted by atomic mass is 10.1. The summed E-state index contributed by atoms with van der Waals surface area (Å²) in [4.78, 5) is 14.3. The first-order valence-electron chi connectivity index (χ1n) is 7.61. The smallest absolute Gasteiger partial charge is 0.264 e. The van der Waals surface area contributed by atoms with Gasteiger partial charge in [-0.2, -0.15) is 0 Å². The number of amides is 1. The highest BCUT2D eigenvalue weighted by Crippen LogP contribution is 2.25. The van der Waals surface area contributed by atoms with E-state index in [0.717, 1.165) is 5.56 Å². The van der Waals surface area contributed by atoms with Crippen LogP contribution in [-0.2, 0) is 9.53 Å². The molecule has 4 nitrogen and oxygen atoms in total. The van der Waals surface area contributed by atoms with Crippen LogP contribution in [0.25, 0.3) is 0 Å². The van der Waals surface area contributed by atoms with Crippen molar-refractivity contribution in [2.24, 2.45) is 0 Å². The lowest BCUT2D eigenvalue weighted by Gasteiger charge is -2.38. The van der Waals surface area contributed by atoms with Gasteiger partial charge >= 0.3 is 0 Å². The van der Waals surface area contributed by atoms with Gasteiger partial charge in [-0.1, -0.05) is 36.4 Å². The fourth-order valence-electron chi connectivity index (χ4n) is 2.26. The van der Waals surface area contributed by atoms with Gasteiger partial charge in [0.2, 0.25) is 0 Å². The van der Waals surface area contributed by atoms with Crippen molar-refractivity contribution < 1.29 is 9.53 Å². The molecule has 1 unspecified atom stereocenters. The Kier molecular flexibility index (Phi) is 6.78. The molecule has 0 saturated heterocycles. The Morgan fingerprint density at radius 3 is 2.41 bits per heavy atom. The summed E-state index contributed by atoms with van der Waals surface area (Å²) >= 11 is 0. The van der Waals surface area contributed by atoms with Gasteiger partial charge in [-0.05, 0) is 33.3 Å². The molecule has 0 fully saturated rings. The van der Waals surface area contributed by atoms with Crippen LogP contribution >= 0.6 is 0 Å². The summed E-state index contributed by atoms with van der Waals surface area (Å²) in [5.41, 5.74) is 0.711. The van der Waals surface area contributed by atoms with Crippen LogP contribution in [0, 0.1) is 0 Å². The molecule has 0 aliphatic rings. The van der Waals surface area contributed by atoms with E-state index in [9.17, 15) is 4.79 Å². The normalized spacial score (nSPS) is 14.5. The molecule has 2 atom stereocenters. The number of benzene rings is 1. The average Bonchev–Trinajstić information content (AvgIpc) is 2.49. The molecule has 22 heavy (non-hydrogen) atoms. The Labute approximate surface area is 134 Å². The van der Waals surface area contributed by atoms with Crippen LogP contribution in [0.1, 0.15) is 39.3 Å². The van der Waals surface area contributed by atoms with E-state index >= 15 is 0 Å². The van der Waals surface area contributed by atoms with E-state index in [4.69, 9.17) is 4.74 Å². The summed E-state index contributed by atoms with van der Waals surface area (Å²) in [6.07, 6.45) is 1.12. The molecule has 0 heterocycles. The van der Waals surface area contributed by atoms with Crippen molar-refractivity contribution in [2.75, 3.05) is 13.6 Å². The molecule has 0 aliphatic carbocycles. The molecular weight excluding hydrogens is 276 g/mol. The van der Waals surface area contributed by atoms with Gasteiger partial charge in [-0.15, -0.1) is 6.58 Å². The van der Waals surface area contributed by atoms with Crippen LogP contribution in [0.5, 0.6) is 0 Å². The van der Waals surface area contributed by atoms with Crippen molar-refractivity contribution in [1.82, 2.24) is 10.2 Å². The molecular formula is C18H28N2O2. The van der Waals surface area contributed by atoms with Gasteiger partial charge in [0.1, 0.15) is 0 Å². The fraction of sp³-hybridized carbons (Fsp3) is 0.500. The summed E-state index contributed by atoms with van der Waals surface area (Å²) in [5.74, 6) is -0.153. The van der Waals surface area contributed by atoms with Crippen molar-refractivity contribution in [1.29, 1.82) is 0 Å². The summed E-state index contributed by atoms with van der Waals surface area (Å²) < 4.78 is 6.01. The predicted molar refractivity (Wildman–Crippen MR) is 90.5 cm³/mol. The van der Waals surface area contributed by atoms with E-state index in [-0.39, 0.29) is 11.9 Å². The van der Waals surface area contributed by atoms with Gasteiger partial charge in [-0.25, -0.2) is 0 Å². The molecule has 1 amide bonds. The van der Waals surface area contributed by atoms with Crippen LogP contribution in [0.3, 0.4) is 0 Å². The van der Waals surface area contributed by atoms with Crippen LogP contribution in [0.2, 0.25) is 0 Å². The minimum atomic E-state index is -0.668. The number of nitrogens with zero attached hydrogens (tertiary/aromatic N) is 1. The molecule has 122 valence electrons. The van der Waals surface area contributed by atoms with Crippen molar-refractivity contribution >= 4 is 5.91 Å². The van der Waals surface area contributed by atoms with E-state index in [2.05, 4.69) is 31.0 Å². The molecule has 1 aromatic carbocycles. The number of carbonyl (C=O) groups excluding carboxylic acids is 1. The summed E-state index contributed by atoms with van der Waals surface area (Å²) in [7, 11) is 1.63. The van der Waals surface area contributed by atoms with Crippen molar-refractivity contribution in [3.63, 3.8) is 0 Å². The topological polar surface area (TPSA) is 41.6 Å². The van der Waals surface area contributed by atoms with Crippen LogP contribution in [0.15, 0.2) is 43.0 Å². The molecule has 0 aromatic heterocycles. The first kappa shape index (κ1) is 18.4. The highest BCUT2D eigenvalue weighted by Gasteiger charge is 2.33. The van der Waals surface area contributed by atoms with Gasteiger partial charge in [-0.3, -0.25) is 9.69 Å². The molecule has 1 N–H and O–H groups in total. The molecule has 0 spiro atoms. The second-order valence-corrected chi connectivity index (χ2v) is 6.27. The molecule has 4 heteroatoms. The van der Waals surface area contributed by atoms with Crippen molar-refractivity contribution in [3.05, 3.63) is 48.6 Å². The fourth-order valence-corrected chi connectivity index (χ4v) is 2.26. The van der Waals surface area contributed by atoms with Gasteiger partial charge < -0.3 is 10.1 Å². The Balaban J connectivity index is 3.11. The Hall–Kier alpha value is -1.65. The third-order valence-electron chi connectivity index (χ3n) is 3.36. The lowest BCUT2D eigenvalue weighted by Crippen LogP contribution is -2.51. The predicted octanol–water partition coefficient (Wildman–Crippen LogP) is 3.12. The quantitative estimate of drug-likeness (QED) is 0.621. The second kappa shape index (κ2) is 8.11. The zero-order valence-electron chi connectivity index (χ0n) is 14.3. The minimum absolute atomic E-state index is 0.0313. The number of carbonyl (C=O) groups is 1. The maximum absolute atomic E-state index is 12.3. The highest BCUT2D eigenvalue weighted by atomic mass is 16.5. The van der Waals surface area contributed by atoms with E-state index in [0.29, 0.717) is 6.54 Å². The summed E-state index contributed by atoms with van der Waals surface area (Å²) in [6.45, 7) is 12.3. The number of hydrogen-bond acceptors (Lipinski definition) is 3. The lowest BCUT2D eigenvalue weighted by molar-refractivity contribution is -0.169. The van der Waals surface area contributed by atoms with Crippen molar-refractivity contribution in [2.45, 2.75) is 45.6 Å². The maximum Gasteiger partial charge on any atom is 0.264 e. The van der Waals surface area contributed by atoms with E-state index < -0.39 is 11.8 Å². The first-order chi connectivity index (χ1) is 10.3. The zero-order chi connectivity index (χ0) is 16.8. The second-order valence-electron chi connectivity index (χ2n) is 6.27. The Morgan fingerprint density at radius 1 is 1.36 bits per heavy atom. The summed E-state index contributed by atoms with van der Waals surface area (Å²) in [6, 6.07) is 10.1. The first-order valence-corrected chi connectivity index (χ1v) is 7.61. The Morgan fingerprint density at radius 2 is 1.95 bits per heavy atom. The molecule has 0 saturated carbocycles. The van der Waals surface area contributed by atoms with Gasteiger partial charge in [0.25, 0.3) is 5.91 Å². The number of hydrogen-bond donors (Lipinski definition) is 1. The minimum Gasteiger partial charge on any atom is -0.356 e. The van der Waals surface area contributed by atoms with Crippen molar-refractivity contribution in [3.8, 4) is 0 Å². The van der Waals surface area contributed by atoms with Crippen LogP contribution in [0.4, 0.5) is 0 Å². The molecule has 0 radical (unpaired) electrons. The van der Waals surface area contributed by atoms with Crippen LogP contribution in [-0.4, -0.2) is 36.2 Å². The Bertz CT molecular complexity index is 480. The average molecular weight is 304 g/mol. The standard InChI is InChI=1S/C18H28N2O2/c1-7-13-20(14(2)15-11-9-8-10-12-15)17(16(21)19-6)22-18(3,4)5/h7-12,14,17H,1,13H2,2-6H3,(H,19,21)/t14-,17?/m1/s1. The summed E-state index contributed by atoms with van der Waals surface area (Å²) in [5, 5.41) is 2.69. The number of likely N-dealkylation sites (N-methyl/N-ethyl adjacent to an activating group) is 1. The van der Waals surface area contributed by atoms with Gasteiger partial charge in [0.05, 0.1) is 5.60 Å². The zero-order valence-corrected chi connectivity index (χ0v) is 14.3. The monoisotopic (exact) mass is 304 g/mol. The number of rotatable bonds is 7. The van der Waals surface area contributed by atoms with Crippen LogP contribution < -0.4 is 5.32 Å². The van der Waals surface area contributed by atoms with E-state index in [1.54, 1.807) is 13.1 Å². The van der Waals surface area contributed by atoms with Gasteiger partial charge in [0.15, 0.2) is 6.23 Å². The third kappa shape index (κ3) is 5.28. The van der Waals surface area contributed by atoms with E-state index in [1.807, 2.05) is 43.9 Å². The largest absolute Gasteiger partial charge is 0.356 e. The van der Waals surface area contributed by atoms with Gasteiger partial charge in [0, 0.05) is 19.6 Å². The molecule has 0 aliphatic heterocycles. The molecule has 1 rings (SSSR count). The SMILES string of the molecule is C=CCN(C(OC(C)(C)C)C(=O)NC)[C@H](C)c1ccccc1. The number of ether oxygens (including phenoxy) is 1. The maximum atomic E-state index is 12.3.